The quantitative estimate of drug-likeness (QED) is 0.694. The van der Waals surface area contributed by atoms with Gasteiger partial charge in [0.05, 0.1) is 13.1 Å². The zero-order valence-corrected chi connectivity index (χ0v) is 16.3. The van der Waals surface area contributed by atoms with Crippen LogP contribution in [0.2, 0.25) is 0 Å². The molecule has 0 radical (unpaired) electrons. The van der Waals surface area contributed by atoms with Crippen LogP contribution in [0, 0.1) is 13.8 Å². The van der Waals surface area contributed by atoms with Gasteiger partial charge in [-0.15, -0.1) is 0 Å². The number of aryl methyl sites for hydroxylation is 2. The third kappa shape index (κ3) is 6.77. The topological polar surface area (TPSA) is 64.7 Å². The van der Waals surface area contributed by atoms with Gasteiger partial charge in [-0.25, -0.2) is 0 Å². The van der Waals surface area contributed by atoms with Crippen LogP contribution in [0.25, 0.3) is 0 Å². The Bertz CT molecular complexity index is 610. The monoisotopic (exact) mass is 360 g/mol. The minimum atomic E-state index is 0.0180. The second kappa shape index (κ2) is 10.3. The third-order valence-electron chi connectivity index (χ3n) is 4.72. The van der Waals surface area contributed by atoms with Gasteiger partial charge in [-0.2, -0.15) is 0 Å². The number of amides is 2. The second-order valence-corrected chi connectivity index (χ2v) is 7.12. The molecule has 0 aromatic heterocycles. The molecule has 26 heavy (non-hydrogen) atoms. The van der Waals surface area contributed by atoms with Crippen molar-refractivity contribution in [2.45, 2.75) is 33.6 Å². The Balaban J connectivity index is 1.70. The van der Waals surface area contributed by atoms with Gasteiger partial charge in [0.25, 0.3) is 0 Å². The summed E-state index contributed by atoms with van der Waals surface area (Å²) in [4.78, 5) is 28.5. The van der Waals surface area contributed by atoms with Crippen molar-refractivity contribution in [1.29, 1.82) is 0 Å². The summed E-state index contributed by atoms with van der Waals surface area (Å²) in [7, 11) is 0. The first-order chi connectivity index (χ1) is 12.5. The molecule has 1 aliphatic heterocycles. The highest BCUT2D eigenvalue weighted by Gasteiger charge is 2.20. The maximum atomic E-state index is 12.3. The lowest BCUT2D eigenvalue weighted by Crippen LogP contribution is -2.51. The van der Waals surface area contributed by atoms with E-state index in [1.807, 2.05) is 32.0 Å². The minimum Gasteiger partial charge on any atom is -0.355 e. The SMILES string of the molecule is CCCCNC(=O)CN1CCN(CC(=O)Nc2cc(C)ccc2C)CC1. The molecule has 1 aromatic carbocycles. The number of hydrogen-bond donors (Lipinski definition) is 2. The number of nitrogens with one attached hydrogen (secondary N) is 2. The molecular formula is C20H32N4O2. The molecule has 1 heterocycles. The van der Waals surface area contributed by atoms with Gasteiger partial charge < -0.3 is 10.6 Å². The van der Waals surface area contributed by atoms with Gasteiger partial charge in [-0.3, -0.25) is 19.4 Å². The smallest absolute Gasteiger partial charge is 0.238 e. The van der Waals surface area contributed by atoms with Crippen molar-refractivity contribution < 1.29 is 9.59 Å². The Morgan fingerprint density at radius 2 is 1.62 bits per heavy atom. The van der Waals surface area contributed by atoms with E-state index in [1.54, 1.807) is 0 Å². The molecule has 2 rings (SSSR count). The van der Waals surface area contributed by atoms with Crippen LogP contribution in [0.1, 0.15) is 30.9 Å². The number of rotatable bonds is 8. The Hall–Kier alpha value is -1.92. The van der Waals surface area contributed by atoms with Crippen LogP contribution in [0.5, 0.6) is 0 Å². The first kappa shape index (κ1) is 20.4. The molecule has 144 valence electrons. The fourth-order valence-electron chi connectivity index (χ4n) is 3.03. The molecular weight excluding hydrogens is 328 g/mol. The van der Waals surface area contributed by atoms with E-state index in [0.29, 0.717) is 13.1 Å². The van der Waals surface area contributed by atoms with E-state index in [2.05, 4.69) is 27.4 Å². The predicted octanol–water partition coefficient (Wildman–Crippen LogP) is 1.78. The highest BCUT2D eigenvalue weighted by Crippen LogP contribution is 2.16. The fourth-order valence-corrected chi connectivity index (χ4v) is 3.03. The van der Waals surface area contributed by atoms with E-state index < -0.39 is 0 Å². The zero-order chi connectivity index (χ0) is 18.9. The number of benzene rings is 1. The number of piperazine rings is 1. The maximum Gasteiger partial charge on any atom is 0.238 e. The first-order valence-electron chi connectivity index (χ1n) is 9.56. The van der Waals surface area contributed by atoms with Gasteiger partial charge in [0, 0.05) is 38.4 Å². The molecule has 1 aliphatic rings. The Kier molecular flexibility index (Phi) is 8.06. The molecule has 6 nitrogen and oxygen atoms in total. The van der Waals surface area contributed by atoms with Crippen molar-refractivity contribution in [3.8, 4) is 0 Å². The van der Waals surface area contributed by atoms with E-state index in [9.17, 15) is 9.59 Å². The van der Waals surface area contributed by atoms with Gasteiger partial charge in [0.1, 0.15) is 0 Å². The minimum absolute atomic E-state index is 0.0180. The highest BCUT2D eigenvalue weighted by molar-refractivity contribution is 5.93. The van der Waals surface area contributed by atoms with Crippen molar-refractivity contribution in [1.82, 2.24) is 15.1 Å². The highest BCUT2D eigenvalue weighted by atomic mass is 16.2. The summed E-state index contributed by atoms with van der Waals surface area (Å²) < 4.78 is 0. The third-order valence-corrected chi connectivity index (χ3v) is 4.72. The van der Waals surface area contributed by atoms with Crippen LogP contribution in [0.15, 0.2) is 18.2 Å². The number of nitrogens with zero attached hydrogens (tertiary/aromatic N) is 2. The number of anilines is 1. The molecule has 2 N–H and O–H groups in total. The van der Waals surface area contributed by atoms with Gasteiger partial charge >= 0.3 is 0 Å². The summed E-state index contributed by atoms with van der Waals surface area (Å²) in [6.07, 6.45) is 2.11. The summed E-state index contributed by atoms with van der Waals surface area (Å²) in [5.41, 5.74) is 3.09. The predicted molar refractivity (Wildman–Crippen MR) is 105 cm³/mol. The van der Waals surface area contributed by atoms with Gasteiger partial charge in [-0.1, -0.05) is 25.5 Å². The Morgan fingerprint density at radius 3 is 2.23 bits per heavy atom. The first-order valence-corrected chi connectivity index (χ1v) is 9.56. The van der Waals surface area contributed by atoms with Crippen LogP contribution in [0.3, 0.4) is 0 Å². The number of hydrogen-bond acceptors (Lipinski definition) is 4. The molecule has 1 aromatic rings. The summed E-state index contributed by atoms with van der Waals surface area (Å²) >= 11 is 0. The van der Waals surface area contributed by atoms with E-state index in [4.69, 9.17) is 0 Å². The summed E-state index contributed by atoms with van der Waals surface area (Å²) in [5.74, 6) is 0.115. The van der Waals surface area contributed by atoms with Crippen LogP contribution < -0.4 is 10.6 Å². The normalized spacial score (nSPS) is 15.7. The standard InChI is InChI=1S/C20H32N4O2/c1-4-5-8-21-19(25)14-23-9-11-24(12-10-23)15-20(26)22-18-13-16(2)6-7-17(18)3/h6-7,13H,4-5,8-12,14-15H2,1-3H3,(H,21,25)(H,22,26). The summed E-state index contributed by atoms with van der Waals surface area (Å²) in [5, 5.41) is 5.97. The molecule has 1 fully saturated rings. The number of carbonyl (C=O) groups excluding carboxylic acids is 2. The molecule has 0 saturated carbocycles. The molecule has 1 saturated heterocycles. The van der Waals surface area contributed by atoms with Crippen LogP contribution in [-0.4, -0.2) is 67.4 Å². The van der Waals surface area contributed by atoms with E-state index in [1.165, 1.54) is 0 Å². The van der Waals surface area contributed by atoms with Crippen molar-refractivity contribution in [3.63, 3.8) is 0 Å². The molecule has 0 unspecified atom stereocenters. The summed E-state index contributed by atoms with van der Waals surface area (Å²) in [6.45, 7) is 11.0. The van der Waals surface area contributed by atoms with Crippen LogP contribution in [-0.2, 0) is 9.59 Å². The van der Waals surface area contributed by atoms with Gasteiger partial charge in [-0.05, 0) is 37.5 Å². The molecule has 6 heteroatoms. The Morgan fingerprint density at radius 1 is 1.00 bits per heavy atom. The molecule has 0 spiro atoms. The van der Waals surface area contributed by atoms with Gasteiger partial charge in [0.15, 0.2) is 0 Å². The lowest BCUT2D eigenvalue weighted by Gasteiger charge is -2.33. The van der Waals surface area contributed by atoms with E-state index in [0.717, 1.165) is 62.4 Å². The van der Waals surface area contributed by atoms with E-state index in [-0.39, 0.29) is 11.8 Å². The largest absolute Gasteiger partial charge is 0.355 e. The van der Waals surface area contributed by atoms with Crippen LogP contribution in [0.4, 0.5) is 5.69 Å². The molecule has 0 atom stereocenters. The van der Waals surface area contributed by atoms with Crippen LogP contribution >= 0.6 is 0 Å². The Labute approximate surface area is 156 Å². The average molecular weight is 361 g/mol. The molecule has 0 aliphatic carbocycles. The van der Waals surface area contributed by atoms with Crippen molar-refractivity contribution in [2.75, 3.05) is 51.1 Å². The second-order valence-electron chi connectivity index (χ2n) is 7.12. The lowest BCUT2D eigenvalue weighted by molar-refractivity contribution is -0.123. The lowest BCUT2D eigenvalue weighted by atomic mass is 10.1. The fraction of sp³-hybridized carbons (Fsp3) is 0.600. The zero-order valence-electron chi connectivity index (χ0n) is 16.3. The maximum absolute atomic E-state index is 12.3. The van der Waals surface area contributed by atoms with E-state index >= 15 is 0 Å². The van der Waals surface area contributed by atoms with Crippen molar-refractivity contribution in [2.24, 2.45) is 0 Å². The number of carbonyl (C=O) groups is 2. The van der Waals surface area contributed by atoms with Crippen molar-refractivity contribution >= 4 is 17.5 Å². The van der Waals surface area contributed by atoms with Crippen molar-refractivity contribution in [3.05, 3.63) is 29.3 Å². The summed E-state index contributed by atoms with van der Waals surface area (Å²) in [6, 6.07) is 6.07. The average Bonchev–Trinajstić information content (AvgIpc) is 2.60. The molecule has 2 amide bonds. The van der Waals surface area contributed by atoms with Gasteiger partial charge in [0.2, 0.25) is 11.8 Å². The molecule has 0 bridgehead atoms. The number of unbranched alkanes of at least 4 members (excludes halogenated alkanes) is 1.